The minimum absolute atomic E-state index is 0.00926. The molecule has 0 aromatic rings. The Labute approximate surface area is 66.1 Å². The van der Waals surface area contributed by atoms with Crippen LogP contribution in [0.2, 0.25) is 0 Å². The predicted molar refractivity (Wildman–Crippen MR) is 40.1 cm³/mol. The molecular weight excluding hydrogens is 142 g/mol. The van der Waals surface area contributed by atoms with E-state index in [2.05, 4.69) is 12.2 Å². The number of morpholine rings is 1. The molecule has 2 atom stereocenters. The van der Waals surface area contributed by atoms with Gasteiger partial charge in [-0.2, -0.15) is 0 Å². The molecule has 0 aromatic heterocycles. The number of carbonyl (C=O) groups excluding carboxylic acids is 1. The molecule has 2 rings (SSSR count). The fourth-order valence-electron chi connectivity index (χ4n) is 1.86. The third-order valence-corrected chi connectivity index (χ3v) is 2.95. The smallest absolute Gasteiger partial charge is 0.246 e. The molecule has 2 unspecified atom stereocenters. The summed E-state index contributed by atoms with van der Waals surface area (Å²) in [7, 11) is 0. The largest absolute Gasteiger partial charge is 0.369 e. The van der Waals surface area contributed by atoms with Crippen LogP contribution in [-0.2, 0) is 9.53 Å². The van der Waals surface area contributed by atoms with Gasteiger partial charge in [0.05, 0.1) is 12.1 Å². The van der Waals surface area contributed by atoms with Crippen LogP contribution in [0.5, 0.6) is 0 Å². The van der Waals surface area contributed by atoms with Crippen molar-refractivity contribution in [2.75, 3.05) is 13.2 Å². The third kappa shape index (κ3) is 0.948. The molecule has 3 heteroatoms. The molecule has 11 heavy (non-hydrogen) atoms. The highest BCUT2D eigenvalue weighted by Crippen LogP contribution is 2.39. The summed E-state index contributed by atoms with van der Waals surface area (Å²) in [5.41, 5.74) is 0.00926. The molecule has 1 heterocycles. The number of rotatable bonds is 0. The lowest BCUT2D eigenvalue weighted by molar-refractivity contribution is -0.142. The Morgan fingerprint density at radius 3 is 2.91 bits per heavy atom. The highest BCUT2D eigenvalue weighted by atomic mass is 16.5. The Morgan fingerprint density at radius 2 is 2.55 bits per heavy atom. The second-order valence-corrected chi connectivity index (χ2v) is 3.64. The van der Waals surface area contributed by atoms with Crippen LogP contribution < -0.4 is 5.32 Å². The van der Waals surface area contributed by atoms with Crippen molar-refractivity contribution in [3.05, 3.63) is 0 Å². The van der Waals surface area contributed by atoms with Crippen LogP contribution in [0.4, 0.5) is 0 Å². The van der Waals surface area contributed by atoms with Crippen LogP contribution >= 0.6 is 0 Å². The van der Waals surface area contributed by atoms with E-state index in [1.807, 2.05) is 0 Å². The number of ether oxygens (including phenoxy) is 1. The zero-order valence-corrected chi connectivity index (χ0v) is 6.72. The Bertz CT molecular complexity index is 193. The van der Waals surface area contributed by atoms with E-state index in [0.29, 0.717) is 12.5 Å². The van der Waals surface area contributed by atoms with Gasteiger partial charge in [-0.1, -0.05) is 6.92 Å². The lowest BCUT2D eigenvalue weighted by Gasteiger charge is -2.50. The summed E-state index contributed by atoms with van der Waals surface area (Å²) in [4.78, 5) is 11.0. The number of hydrogen-bond acceptors (Lipinski definition) is 2. The lowest BCUT2D eigenvalue weighted by atomic mass is 9.67. The summed E-state index contributed by atoms with van der Waals surface area (Å²) in [5, 5.41) is 3.02. The van der Waals surface area contributed by atoms with E-state index in [4.69, 9.17) is 4.74 Å². The molecular formula is C8H13NO2. The predicted octanol–water partition coefficient (Wildman–Crippen LogP) is 0.301. The standard InChI is InChI=1S/C8H13NO2/c1-6-2-3-8(6)5-11-4-7(10)9-8/h6H,2-5H2,1H3,(H,9,10). The molecule has 0 bridgehead atoms. The van der Waals surface area contributed by atoms with E-state index < -0.39 is 0 Å². The first-order valence-corrected chi connectivity index (χ1v) is 4.12. The highest BCUT2D eigenvalue weighted by molar-refractivity contribution is 5.79. The van der Waals surface area contributed by atoms with Crippen molar-refractivity contribution >= 4 is 5.91 Å². The van der Waals surface area contributed by atoms with Crippen molar-refractivity contribution < 1.29 is 9.53 Å². The maximum Gasteiger partial charge on any atom is 0.246 e. The molecule has 1 amide bonds. The van der Waals surface area contributed by atoms with Crippen LogP contribution in [0, 0.1) is 5.92 Å². The highest BCUT2D eigenvalue weighted by Gasteiger charge is 2.47. The molecule has 3 nitrogen and oxygen atoms in total. The molecule has 1 N–H and O–H groups in total. The Balaban J connectivity index is 2.07. The first kappa shape index (κ1) is 7.10. The van der Waals surface area contributed by atoms with Crippen LogP contribution in [0.1, 0.15) is 19.8 Å². The fraction of sp³-hybridized carbons (Fsp3) is 0.875. The minimum atomic E-state index is 0.00926. The Kier molecular flexibility index (Phi) is 1.42. The minimum Gasteiger partial charge on any atom is -0.369 e. The van der Waals surface area contributed by atoms with Gasteiger partial charge in [-0.3, -0.25) is 4.79 Å². The summed E-state index contributed by atoms with van der Waals surface area (Å²) in [6, 6.07) is 0. The molecule has 1 saturated carbocycles. The SMILES string of the molecule is CC1CCC12COCC(=O)N2. The van der Waals surface area contributed by atoms with Gasteiger partial charge in [0.2, 0.25) is 5.91 Å². The summed E-state index contributed by atoms with van der Waals surface area (Å²) in [6.07, 6.45) is 2.30. The molecule has 1 aliphatic heterocycles. The molecule has 0 radical (unpaired) electrons. The van der Waals surface area contributed by atoms with E-state index in [-0.39, 0.29) is 18.1 Å². The zero-order valence-electron chi connectivity index (χ0n) is 6.72. The maximum absolute atomic E-state index is 11.0. The molecule has 1 aliphatic carbocycles. The van der Waals surface area contributed by atoms with Gasteiger partial charge in [0.15, 0.2) is 0 Å². The topological polar surface area (TPSA) is 38.3 Å². The molecule has 62 valence electrons. The monoisotopic (exact) mass is 155 g/mol. The third-order valence-electron chi connectivity index (χ3n) is 2.95. The Hall–Kier alpha value is -0.570. The van der Waals surface area contributed by atoms with E-state index in [9.17, 15) is 4.79 Å². The van der Waals surface area contributed by atoms with Crippen molar-refractivity contribution in [3.63, 3.8) is 0 Å². The quantitative estimate of drug-likeness (QED) is 0.546. The van der Waals surface area contributed by atoms with E-state index >= 15 is 0 Å². The van der Waals surface area contributed by atoms with Crippen molar-refractivity contribution in [2.45, 2.75) is 25.3 Å². The van der Waals surface area contributed by atoms with Gasteiger partial charge in [0.25, 0.3) is 0 Å². The summed E-state index contributed by atoms with van der Waals surface area (Å²) in [6.45, 7) is 3.12. The molecule has 1 spiro atoms. The number of amides is 1. The molecule has 0 aromatic carbocycles. The second kappa shape index (κ2) is 2.21. The lowest BCUT2D eigenvalue weighted by Crippen LogP contribution is -2.65. The van der Waals surface area contributed by atoms with Crippen LogP contribution in [-0.4, -0.2) is 24.7 Å². The van der Waals surface area contributed by atoms with E-state index in [1.54, 1.807) is 0 Å². The summed E-state index contributed by atoms with van der Waals surface area (Å²) < 4.78 is 5.20. The van der Waals surface area contributed by atoms with Gasteiger partial charge < -0.3 is 10.1 Å². The molecule has 2 fully saturated rings. The average Bonchev–Trinajstić information content (AvgIpc) is 2.02. The summed E-state index contributed by atoms with van der Waals surface area (Å²) >= 11 is 0. The first-order chi connectivity index (χ1) is 5.23. The van der Waals surface area contributed by atoms with Crippen LogP contribution in [0.3, 0.4) is 0 Å². The van der Waals surface area contributed by atoms with Crippen LogP contribution in [0.15, 0.2) is 0 Å². The van der Waals surface area contributed by atoms with Crippen molar-refractivity contribution in [3.8, 4) is 0 Å². The van der Waals surface area contributed by atoms with Crippen molar-refractivity contribution in [2.24, 2.45) is 5.92 Å². The van der Waals surface area contributed by atoms with Gasteiger partial charge >= 0.3 is 0 Å². The number of hydrogen-bond donors (Lipinski definition) is 1. The fourth-order valence-corrected chi connectivity index (χ4v) is 1.86. The van der Waals surface area contributed by atoms with Gasteiger partial charge in [-0.25, -0.2) is 0 Å². The first-order valence-electron chi connectivity index (χ1n) is 4.12. The van der Waals surface area contributed by atoms with Gasteiger partial charge in [0.1, 0.15) is 6.61 Å². The number of nitrogens with one attached hydrogen (secondary N) is 1. The van der Waals surface area contributed by atoms with E-state index in [0.717, 1.165) is 6.42 Å². The van der Waals surface area contributed by atoms with E-state index in [1.165, 1.54) is 6.42 Å². The van der Waals surface area contributed by atoms with Gasteiger partial charge in [-0.05, 0) is 18.8 Å². The van der Waals surface area contributed by atoms with Crippen LogP contribution in [0.25, 0.3) is 0 Å². The van der Waals surface area contributed by atoms with Gasteiger partial charge in [0, 0.05) is 0 Å². The number of carbonyl (C=O) groups is 1. The average molecular weight is 155 g/mol. The van der Waals surface area contributed by atoms with Crippen molar-refractivity contribution in [1.29, 1.82) is 0 Å². The van der Waals surface area contributed by atoms with Gasteiger partial charge in [-0.15, -0.1) is 0 Å². The zero-order chi connectivity index (χ0) is 7.90. The van der Waals surface area contributed by atoms with Crippen molar-refractivity contribution in [1.82, 2.24) is 5.32 Å². The maximum atomic E-state index is 11.0. The normalized spacial score (nSPS) is 43.4. The Morgan fingerprint density at radius 1 is 1.73 bits per heavy atom. The molecule has 2 aliphatic rings. The molecule has 1 saturated heterocycles. The summed E-state index contributed by atoms with van der Waals surface area (Å²) in [5.74, 6) is 0.634. The second-order valence-electron chi connectivity index (χ2n) is 3.64.